The predicted octanol–water partition coefficient (Wildman–Crippen LogP) is 2.31. The summed E-state index contributed by atoms with van der Waals surface area (Å²) in [5, 5.41) is 0. The number of carbonyl (C=O) groups is 2. The van der Waals surface area contributed by atoms with E-state index in [0.717, 1.165) is 22.9 Å². The van der Waals surface area contributed by atoms with Gasteiger partial charge in [-0.3, -0.25) is 9.59 Å². The van der Waals surface area contributed by atoms with Gasteiger partial charge < -0.3 is 14.5 Å². The number of benzene rings is 1. The van der Waals surface area contributed by atoms with Crippen molar-refractivity contribution in [3.63, 3.8) is 0 Å². The van der Waals surface area contributed by atoms with Crippen molar-refractivity contribution >= 4 is 33.8 Å². The molecule has 0 N–H and O–H groups in total. The zero-order valence-electron chi connectivity index (χ0n) is 13.5. The maximum absolute atomic E-state index is 12.3. The number of rotatable bonds is 3. The molecule has 24 heavy (non-hydrogen) atoms. The second-order valence-corrected chi connectivity index (χ2v) is 6.86. The van der Waals surface area contributed by atoms with Gasteiger partial charge in [-0.15, -0.1) is 0 Å². The maximum atomic E-state index is 12.3. The lowest BCUT2D eigenvalue weighted by Gasteiger charge is -2.35. The van der Waals surface area contributed by atoms with Crippen molar-refractivity contribution in [3.8, 4) is 0 Å². The Kier molecular flexibility index (Phi) is 5.68. The van der Waals surface area contributed by atoms with E-state index in [9.17, 15) is 9.59 Å². The molecule has 1 atom stereocenters. The van der Waals surface area contributed by atoms with Crippen molar-refractivity contribution < 1.29 is 14.3 Å². The van der Waals surface area contributed by atoms with Crippen LogP contribution in [0.3, 0.4) is 0 Å². The van der Waals surface area contributed by atoms with Gasteiger partial charge in [0.05, 0.1) is 0 Å². The Bertz CT molecular complexity index is 633. The molecule has 2 aliphatic rings. The summed E-state index contributed by atoms with van der Waals surface area (Å²) >= 11 is 3.47. The van der Waals surface area contributed by atoms with E-state index < -0.39 is 0 Å². The van der Waals surface area contributed by atoms with Gasteiger partial charge in [0.2, 0.25) is 5.91 Å². The number of halogens is 1. The van der Waals surface area contributed by atoms with Crippen LogP contribution in [0, 0.1) is 0 Å². The summed E-state index contributed by atoms with van der Waals surface area (Å²) < 4.78 is 6.41. The molecule has 2 aliphatic heterocycles. The van der Waals surface area contributed by atoms with Crippen LogP contribution in [0.2, 0.25) is 0 Å². The standard InChI is InChI=1S/C18H21BrN2O3/c19-15-5-2-1-4-14(15)7-8-17(22)20-9-11-21(12-10-20)18(23)16-6-3-13-24-16/h1-2,4-5,7-8,16H,3,6,9-13H2. The van der Waals surface area contributed by atoms with Crippen LogP contribution in [0.4, 0.5) is 0 Å². The minimum atomic E-state index is -0.275. The first-order valence-corrected chi connectivity index (χ1v) is 9.06. The second-order valence-electron chi connectivity index (χ2n) is 6.01. The van der Waals surface area contributed by atoms with E-state index in [-0.39, 0.29) is 17.9 Å². The van der Waals surface area contributed by atoms with Gasteiger partial charge in [0.15, 0.2) is 0 Å². The SMILES string of the molecule is O=C(C=Cc1ccccc1Br)N1CCN(C(=O)C2CCCO2)CC1. The molecule has 0 bridgehead atoms. The average Bonchev–Trinajstić information content (AvgIpc) is 3.15. The van der Waals surface area contributed by atoms with Crippen LogP contribution in [0.1, 0.15) is 18.4 Å². The van der Waals surface area contributed by atoms with E-state index in [1.165, 1.54) is 0 Å². The van der Waals surface area contributed by atoms with Gasteiger partial charge in [0, 0.05) is 43.3 Å². The highest BCUT2D eigenvalue weighted by Gasteiger charge is 2.30. The lowest BCUT2D eigenvalue weighted by Crippen LogP contribution is -2.52. The molecule has 0 radical (unpaired) electrons. The molecular weight excluding hydrogens is 372 g/mol. The number of hydrogen-bond donors (Lipinski definition) is 0. The van der Waals surface area contributed by atoms with Gasteiger partial charge in [0.1, 0.15) is 6.10 Å². The summed E-state index contributed by atoms with van der Waals surface area (Å²) in [7, 11) is 0. The van der Waals surface area contributed by atoms with Crippen LogP contribution in [0.5, 0.6) is 0 Å². The van der Waals surface area contributed by atoms with Gasteiger partial charge in [-0.05, 0) is 30.5 Å². The minimum absolute atomic E-state index is 0.0185. The third-order valence-corrected chi connectivity index (χ3v) is 5.14. The van der Waals surface area contributed by atoms with E-state index in [2.05, 4.69) is 15.9 Å². The molecule has 1 aromatic carbocycles. The molecule has 2 heterocycles. The molecule has 1 unspecified atom stereocenters. The van der Waals surface area contributed by atoms with Crippen molar-refractivity contribution in [1.82, 2.24) is 9.80 Å². The number of ether oxygens (including phenoxy) is 1. The Balaban J connectivity index is 1.51. The average molecular weight is 393 g/mol. The Hall–Kier alpha value is -1.66. The highest BCUT2D eigenvalue weighted by atomic mass is 79.9. The molecule has 5 nitrogen and oxygen atoms in total. The van der Waals surface area contributed by atoms with Crippen molar-refractivity contribution in [2.24, 2.45) is 0 Å². The lowest BCUT2D eigenvalue weighted by molar-refractivity contribution is -0.144. The molecule has 3 rings (SSSR count). The first-order valence-electron chi connectivity index (χ1n) is 8.27. The first kappa shape index (κ1) is 17.2. The number of nitrogens with zero attached hydrogens (tertiary/aromatic N) is 2. The van der Waals surface area contributed by atoms with Crippen molar-refractivity contribution in [1.29, 1.82) is 0 Å². The summed E-state index contributed by atoms with van der Waals surface area (Å²) in [6.45, 7) is 2.96. The van der Waals surface area contributed by atoms with Crippen molar-refractivity contribution in [3.05, 3.63) is 40.4 Å². The van der Waals surface area contributed by atoms with Gasteiger partial charge in [-0.1, -0.05) is 34.1 Å². The Labute approximate surface area is 150 Å². The zero-order chi connectivity index (χ0) is 16.9. The predicted molar refractivity (Wildman–Crippen MR) is 95.3 cm³/mol. The molecule has 1 aromatic rings. The van der Waals surface area contributed by atoms with E-state index in [4.69, 9.17) is 4.74 Å². The van der Waals surface area contributed by atoms with E-state index in [0.29, 0.717) is 32.8 Å². The largest absolute Gasteiger partial charge is 0.368 e. The topological polar surface area (TPSA) is 49.9 Å². The van der Waals surface area contributed by atoms with E-state index >= 15 is 0 Å². The first-order chi connectivity index (χ1) is 11.6. The van der Waals surface area contributed by atoms with Crippen molar-refractivity contribution in [2.45, 2.75) is 18.9 Å². The van der Waals surface area contributed by atoms with Crippen LogP contribution >= 0.6 is 15.9 Å². The molecular formula is C18H21BrN2O3. The fourth-order valence-corrected chi connectivity index (χ4v) is 3.42. The number of piperazine rings is 1. The van der Waals surface area contributed by atoms with Crippen LogP contribution in [-0.2, 0) is 14.3 Å². The fraction of sp³-hybridized carbons (Fsp3) is 0.444. The third kappa shape index (κ3) is 4.05. The fourth-order valence-electron chi connectivity index (χ4n) is 3.00. The molecule has 2 saturated heterocycles. The third-order valence-electron chi connectivity index (χ3n) is 4.42. The number of carbonyl (C=O) groups excluding carboxylic acids is 2. The van der Waals surface area contributed by atoms with Gasteiger partial charge in [-0.2, -0.15) is 0 Å². The molecule has 2 fully saturated rings. The zero-order valence-corrected chi connectivity index (χ0v) is 15.1. The maximum Gasteiger partial charge on any atom is 0.251 e. The molecule has 2 amide bonds. The van der Waals surface area contributed by atoms with Crippen molar-refractivity contribution in [2.75, 3.05) is 32.8 Å². The highest BCUT2D eigenvalue weighted by molar-refractivity contribution is 9.10. The smallest absolute Gasteiger partial charge is 0.251 e. The van der Waals surface area contributed by atoms with Gasteiger partial charge in [-0.25, -0.2) is 0 Å². The lowest BCUT2D eigenvalue weighted by atomic mass is 10.2. The summed E-state index contributed by atoms with van der Waals surface area (Å²) in [4.78, 5) is 28.2. The van der Waals surface area contributed by atoms with Gasteiger partial charge >= 0.3 is 0 Å². The second kappa shape index (κ2) is 7.94. The summed E-state index contributed by atoms with van der Waals surface area (Å²) in [5.74, 6) is 0.0540. The summed E-state index contributed by atoms with van der Waals surface area (Å²) in [5.41, 5.74) is 0.970. The monoisotopic (exact) mass is 392 g/mol. The van der Waals surface area contributed by atoms with Crippen LogP contribution < -0.4 is 0 Å². The molecule has 6 heteroatoms. The minimum Gasteiger partial charge on any atom is -0.368 e. The Morgan fingerprint density at radius 2 is 1.83 bits per heavy atom. The molecule has 0 aromatic heterocycles. The van der Waals surface area contributed by atoms with Crippen LogP contribution in [0.15, 0.2) is 34.8 Å². The summed E-state index contributed by atoms with van der Waals surface area (Å²) in [6.07, 6.45) is 4.90. The Morgan fingerprint density at radius 3 is 2.50 bits per heavy atom. The van der Waals surface area contributed by atoms with Gasteiger partial charge in [0.25, 0.3) is 5.91 Å². The highest BCUT2D eigenvalue weighted by Crippen LogP contribution is 2.18. The van der Waals surface area contributed by atoms with Crippen LogP contribution in [-0.4, -0.2) is 60.5 Å². The summed E-state index contributed by atoms with van der Waals surface area (Å²) in [6, 6.07) is 7.77. The molecule has 0 aliphatic carbocycles. The van der Waals surface area contributed by atoms with E-state index in [1.807, 2.05) is 35.2 Å². The number of hydrogen-bond acceptors (Lipinski definition) is 3. The molecule has 128 valence electrons. The van der Waals surface area contributed by atoms with Crippen LogP contribution in [0.25, 0.3) is 6.08 Å². The quantitative estimate of drug-likeness (QED) is 0.741. The molecule has 0 spiro atoms. The normalized spacial score (nSPS) is 21.5. The number of amides is 2. The Morgan fingerprint density at radius 1 is 1.12 bits per heavy atom. The molecule has 0 saturated carbocycles. The van der Waals surface area contributed by atoms with E-state index in [1.54, 1.807) is 11.0 Å².